The molecule has 0 spiro atoms. The van der Waals surface area contributed by atoms with Crippen molar-refractivity contribution in [1.82, 2.24) is 10.2 Å². The number of hydrogen-bond acceptors (Lipinski definition) is 6. The second-order valence-electron chi connectivity index (χ2n) is 11.5. The number of piperidine rings is 1. The molecule has 2 saturated heterocycles. The Morgan fingerprint density at radius 3 is 2.07 bits per heavy atom. The molecule has 3 N–H and O–H groups in total. The van der Waals surface area contributed by atoms with Crippen LogP contribution in [0.25, 0.3) is 0 Å². The summed E-state index contributed by atoms with van der Waals surface area (Å²) in [5.74, 6) is 2.17. The van der Waals surface area contributed by atoms with Gasteiger partial charge in [0.25, 0.3) is 5.91 Å². The van der Waals surface area contributed by atoms with Gasteiger partial charge >= 0.3 is 6.03 Å². The van der Waals surface area contributed by atoms with E-state index in [0.29, 0.717) is 46.3 Å². The minimum atomic E-state index is -0.258. The number of hydrogen-bond donors (Lipinski definition) is 3. The molecule has 9 nitrogen and oxygen atoms in total. The fraction of sp³-hybridized carbons (Fsp3) is 0.429. The Morgan fingerprint density at radius 2 is 1.45 bits per heavy atom. The quantitative estimate of drug-likeness (QED) is 0.200. The van der Waals surface area contributed by atoms with E-state index in [1.54, 1.807) is 61.7 Å². The Balaban J connectivity index is 1.13. The first kappa shape index (κ1) is 31.2. The average Bonchev–Trinajstić information content (AvgIpc) is 3.29. The summed E-state index contributed by atoms with van der Waals surface area (Å²) in [6.45, 7) is 7.44. The van der Waals surface area contributed by atoms with Gasteiger partial charge in [0, 0.05) is 41.1 Å². The van der Waals surface area contributed by atoms with E-state index in [-0.39, 0.29) is 24.1 Å². The molecule has 3 amide bonds. The number of nitrogens with one attached hydrogen (secondary N) is 3. The normalized spacial score (nSPS) is 19.3. The average molecular weight is 601 g/mol. The van der Waals surface area contributed by atoms with Crippen LogP contribution in [0, 0.1) is 0 Å². The molecule has 3 aromatic carbocycles. The highest BCUT2D eigenvalue weighted by atomic mass is 16.5. The number of rotatable bonds is 12. The number of nitrogens with zero attached hydrogens (tertiary/aromatic N) is 1. The number of amides is 3. The Bertz CT molecular complexity index is 1390. The topological polar surface area (TPSA) is 101 Å². The molecule has 2 fully saturated rings. The molecule has 2 atom stereocenters. The first-order valence-electron chi connectivity index (χ1n) is 15.8. The van der Waals surface area contributed by atoms with Gasteiger partial charge in [0.2, 0.25) is 0 Å². The minimum Gasteiger partial charge on any atom is -0.493 e. The monoisotopic (exact) mass is 600 g/mol. The van der Waals surface area contributed by atoms with Crippen molar-refractivity contribution in [2.45, 2.75) is 83.5 Å². The van der Waals surface area contributed by atoms with E-state index >= 15 is 0 Å². The molecule has 0 radical (unpaired) electrons. The Hall–Kier alpha value is -4.24. The second kappa shape index (κ2) is 14.5. The van der Waals surface area contributed by atoms with Crippen molar-refractivity contribution in [3.8, 4) is 23.0 Å². The fourth-order valence-electron chi connectivity index (χ4n) is 6.33. The maximum absolute atomic E-state index is 12.9. The SMILES string of the molecule is CCC(CC)NC(=O)Nc1ccc(Oc2ccc(NC(=O)c3ccc(OC4CC5CCC(C4)N5CC)cc3)cc2)c(OC)c1. The van der Waals surface area contributed by atoms with E-state index in [1.165, 1.54) is 12.8 Å². The van der Waals surface area contributed by atoms with Crippen molar-refractivity contribution < 1.29 is 23.8 Å². The van der Waals surface area contributed by atoms with E-state index in [0.717, 1.165) is 38.0 Å². The zero-order valence-electron chi connectivity index (χ0n) is 26.1. The molecule has 0 aliphatic carbocycles. The number of ether oxygens (including phenoxy) is 3. The van der Waals surface area contributed by atoms with Gasteiger partial charge in [-0.15, -0.1) is 0 Å². The number of benzene rings is 3. The van der Waals surface area contributed by atoms with Crippen LogP contribution in [0.1, 0.15) is 69.7 Å². The molecule has 2 bridgehead atoms. The van der Waals surface area contributed by atoms with Crippen LogP contribution in [0.4, 0.5) is 16.2 Å². The third-order valence-corrected chi connectivity index (χ3v) is 8.71. The predicted molar refractivity (Wildman–Crippen MR) is 173 cm³/mol. The molecule has 234 valence electrons. The number of methoxy groups -OCH3 is 1. The van der Waals surface area contributed by atoms with Gasteiger partial charge in [-0.05, 0) is 106 Å². The number of carbonyl (C=O) groups is 2. The van der Waals surface area contributed by atoms with Crippen molar-refractivity contribution in [3.05, 3.63) is 72.3 Å². The summed E-state index contributed by atoms with van der Waals surface area (Å²) in [6, 6.07) is 20.8. The Kier molecular flexibility index (Phi) is 10.3. The molecule has 3 aromatic rings. The van der Waals surface area contributed by atoms with Gasteiger partial charge in [-0.25, -0.2) is 4.79 Å². The molecular weight excluding hydrogens is 556 g/mol. The number of carbonyl (C=O) groups excluding carboxylic acids is 2. The van der Waals surface area contributed by atoms with Crippen LogP contribution in [0.3, 0.4) is 0 Å². The van der Waals surface area contributed by atoms with Gasteiger partial charge in [0.1, 0.15) is 17.6 Å². The molecule has 2 unspecified atom stereocenters. The lowest BCUT2D eigenvalue weighted by Gasteiger charge is -2.38. The van der Waals surface area contributed by atoms with Crippen molar-refractivity contribution in [2.75, 3.05) is 24.3 Å². The zero-order valence-corrected chi connectivity index (χ0v) is 26.1. The van der Waals surface area contributed by atoms with Crippen molar-refractivity contribution >= 4 is 23.3 Å². The van der Waals surface area contributed by atoms with Crippen LogP contribution in [-0.4, -0.2) is 54.7 Å². The number of anilines is 2. The largest absolute Gasteiger partial charge is 0.493 e. The number of urea groups is 1. The molecule has 2 aliphatic rings. The maximum atomic E-state index is 12.9. The second-order valence-corrected chi connectivity index (χ2v) is 11.5. The lowest BCUT2D eigenvalue weighted by Crippen LogP contribution is -2.46. The smallest absolute Gasteiger partial charge is 0.319 e. The maximum Gasteiger partial charge on any atom is 0.319 e. The van der Waals surface area contributed by atoms with Gasteiger partial charge in [-0.2, -0.15) is 0 Å². The van der Waals surface area contributed by atoms with Crippen LogP contribution >= 0.6 is 0 Å². The number of fused-ring (bicyclic) bond motifs is 2. The summed E-state index contributed by atoms with van der Waals surface area (Å²) in [6.07, 6.45) is 6.64. The van der Waals surface area contributed by atoms with Gasteiger partial charge in [0.15, 0.2) is 11.5 Å². The first-order chi connectivity index (χ1) is 21.4. The predicted octanol–water partition coefficient (Wildman–Crippen LogP) is 7.44. The summed E-state index contributed by atoms with van der Waals surface area (Å²) in [4.78, 5) is 27.8. The first-order valence-corrected chi connectivity index (χ1v) is 15.8. The van der Waals surface area contributed by atoms with E-state index in [1.807, 2.05) is 26.0 Å². The Labute approximate surface area is 260 Å². The molecule has 0 aromatic heterocycles. The highest BCUT2D eigenvalue weighted by Crippen LogP contribution is 2.37. The Morgan fingerprint density at radius 1 is 0.818 bits per heavy atom. The summed E-state index contributed by atoms with van der Waals surface area (Å²) < 4.78 is 17.8. The molecule has 5 rings (SSSR count). The van der Waals surface area contributed by atoms with Crippen LogP contribution in [0.5, 0.6) is 23.0 Å². The lowest BCUT2D eigenvalue weighted by atomic mass is 10.00. The molecule has 9 heteroatoms. The van der Waals surface area contributed by atoms with Gasteiger partial charge in [-0.1, -0.05) is 20.8 Å². The van der Waals surface area contributed by atoms with E-state index in [4.69, 9.17) is 14.2 Å². The highest BCUT2D eigenvalue weighted by Gasteiger charge is 2.40. The minimum absolute atomic E-state index is 0.126. The van der Waals surface area contributed by atoms with E-state index < -0.39 is 0 Å². The lowest BCUT2D eigenvalue weighted by molar-refractivity contribution is 0.0530. The van der Waals surface area contributed by atoms with Crippen LogP contribution < -0.4 is 30.2 Å². The van der Waals surface area contributed by atoms with E-state index in [9.17, 15) is 9.59 Å². The van der Waals surface area contributed by atoms with Crippen molar-refractivity contribution in [3.63, 3.8) is 0 Å². The molecule has 2 heterocycles. The van der Waals surface area contributed by atoms with Crippen LogP contribution in [0.2, 0.25) is 0 Å². The molecular formula is C35H44N4O5. The summed E-state index contributed by atoms with van der Waals surface area (Å²) in [5.41, 5.74) is 1.81. The van der Waals surface area contributed by atoms with Crippen molar-refractivity contribution in [2.24, 2.45) is 0 Å². The zero-order chi connectivity index (χ0) is 31.1. The van der Waals surface area contributed by atoms with Gasteiger partial charge < -0.3 is 30.2 Å². The molecule has 44 heavy (non-hydrogen) atoms. The van der Waals surface area contributed by atoms with Crippen LogP contribution in [-0.2, 0) is 0 Å². The van der Waals surface area contributed by atoms with E-state index in [2.05, 4.69) is 27.8 Å². The van der Waals surface area contributed by atoms with Crippen LogP contribution in [0.15, 0.2) is 66.7 Å². The van der Waals surface area contributed by atoms with Gasteiger partial charge in [0.05, 0.1) is 7.11 Å². The molecule has 0 saturated carbocycles. The van der Waals surface area contributed by atoms with Crippen molar-refractivity contribution in [1.29, 1.82) is 0 Å². The standard InChI is InChI=1S/C35H44N4O5/c1-5-24(6-2)37-35(41)38-26-12-19-32(33(20-26)42-4)44-30-17-10-25(11-18-30)36-34(40)23-8-15-29(16-9-23)43-31-21-27-13-14-28(22-31)39(27)7-3/h8-12,15-20,24,27-28,31H,5-7,13-14,21-22H2,1-4H3,(H,36,40)(H2,37,38,41). The highest BCUT2D eigenvalue weighted by molar-refractivity contribution is 6.04. The fourth-order valence-corrected chi connectivity index (χ4v) is 6.33. The van der Waals surface area contributed by atoms with Gasteiger partial charge in [-0.3, -0.25) is 9.69 Å². The third-order valence-electron chi connectivity index (χ3n) is 8.71. The molecule has 2 aliphatic heterocycles. The summed E-state index contributed by atoms with van der Waals surface area (Å²) >= 11 is 0. The summed E-state index contributed by atoms with van der Waals surface area (Å²) in [5, 5.41) is 8.73. The third kappa shape index (κ3) is 7.63. The summed E-state index contributed by atoms with van der Waals surface area (Å²) in [7, 11) is 1.55.